The zero-order chi connectivity index (χ0) is 14.7. The molecule has 1 amide bonds. The SMILES string of the molecule is CCCCCc1nc2n(n1)C(c1ccccc1)CC(=O)N2. The van der Waals surface area contributed by atoms with Crippen molar-refractivity contribution in [3.05, 3.63) is 41.7 Å². The molecule has 1 unspecified atom stereocenters. The molecule has 3 rings (SSSR count). The average molecular weight is 284 g/mol. The molecule has 5 heteroatoms. The second-order valence-corrected chi connectivity index (χ2v) is 5.43. The monoisotopic (exact) mass is 284 g/mol. The number of fused-ring (bicyclic) bond motifs is 1. The number of hydrogen-bond donors (Lipinski definition) is 1. The fourth-order valence-corrected chi connectivity index (χ4v) is 2.68. The van der Waals surface area contributed by atoms with Crippen LogP contribution in [-0.4, -0.2) is 20.7 Å². The number of unbranched alkanes of at least 4 members (excludes halogenated alkanes) is 2. The van der Waals surface area contributed by atoms with Crippen molar-refractivity contribution in [1.82, 2.24) is 14.8 Å². The number of rotatable bonds is 5. The molecule has 0 fully saturated rings. The maximum absolute atomic E-state index is 11.9. The van der Waals surface area contributed by atoms with Crippen LogP contribution in [-0.2, 0) is 11.2 Å². The van der Waals surface area contributed by atoms with Gasteiger partial charge >= 0.3 is 0 Å². The maximum Gasteiger partial charge on any atom is 0.229 e. The molecule has 5 nitrogen and oxygen atoms in total. The molecule has 0 saturated carbocycles. The van der Waals surface area contributed by atoms with Gasteiger partial charge in [-0.15, -0.1) is 0 Å². The van der Waals surface area contributed by atoms with E-state index in [-0.39, 0.29) is 11.9 Å². The number of benzene rings is 1. The van der Waals surface area contributed by atoms with Crippen molar-refractivity contribution in [1.29, 1.82) is 0 Å². The highest BCUT2D eigenvalue weighted by Crippen LogP contribution is 2.28. The van der Waals surface area contributed by atoms with E-state index in [4.69, 9.17) is 0 Å². The quantitative estimate of drug-likeness (QED) is 0.859. The fraction of sp³-hybridized carbons (Fsp3) is 0.438. The van der Waals surface area contributed by atoms with Crippen molar-refractivity contribution in [3.8, 4) is 0 Å². The molecule has 110 valence electrons. The first-order valence-electron chi connectivity index (χ1n) is 7.58. The molecule has 1 aromatic heterocycles. The largest absolute Gasteiger partial charge is 0.295 e. The van der Waals surface area contributed by atoms with Crippen LogP contribution >= 0.6 is 0 Å². The standard InChI is InChI=1S/C16H20N4O/c1-2-3-5-10-14-17-16-18-15(21)11-13(20(16)19-14)12-8-6-4-7-9-12/h4,6-9,13H,2-3,5,10-11H2,1H3,(H,17,18,19,21). The van der Waals surface area contributed by atoms with Crippen LogP contribution in [0.4, 0.5) is 5.95 Å². The van der Waals surface area contributed by atoms with Crippen molar-refractivity contribution in [3.63, 3.8) is 0 Å². The minimum Gasteiger partial charge on any atom is -0.295 e. The zero-order valence-electron chi connectivity index (χ0n) is 12.2. The summed E-state index contributed by atoms with van der Waals surface area (Å²) in [6.45, 7) is 2.18. The summed E-state index contributed by atoms with van der Waals surface area (Å²) in [5, 5.41) is 7.43. The van der Waals surface area contributed by atoms with Gasteiger partial charge in [-0.1, -0.05) is 50.1 Å². The van der Waals surface area contributed by atoms with E-state index in [0.29, 0.717) is 12.4 Å². The van der Waals surface area contributed by atoms with Crippen molar-refractivity contribution < 1.29 is 4.79 Å². The van der Waals surface area contributed by atoms with Crippen LogP contribution in [0.25, 0.3) is 0 Å². The van der Waals surface area contributed by atoms with E-state index in [1.165, 1.54) is 12.8 Å². The molecule has 0 spiro atoms. The van der Waals surface area contributed by atoms with E-state index in [0.717, 1.165) is 24.2 Å². The molecule has 1 N–H and O–H groups in total. The Balaban J connectivity index is 1.87. The van der Waals surface area contributed by atoms with E-state index in [1.54, 1.807) is 0 Å². The van der Waals surface area contributed by atoms with E-state index in [2.05, 4.69) is 22.3 Å². The van der Waals surface area contributed by atoms with Crippen molar-refractivity contribution in [2.24, 2.45) is 0 Å². The van der Waals surface area contributed by atoms with Gasteiger partial charge in [-0.05, 0) is 12.0 Å². The van der Waals surface area contributed by atoms with Crippen LogP contribution in [0.5, 0.6) is 0 Å². The van der Waals surface area contributed by atoms with Crippen LogP contribution in [0.2, 0.25) is 0 Å². The third-order valence-corrected chi connectivity index (χ3v) is 3.79. The number of carbonyl (C=O) groups is 1. The average Bonchev–Trinajstić information content (AvgIpc) is 2.90. The number of hydrogen-bond acceptors (Lipinski definition) is 3. The van der Waals surface area contributed by atoms with Gasteiger partial charge in [0.05, 0.1) is 12.5 Å². The number of aromatic nitrogens is 3. The molecule has 0 bridgehead atoms. The van der Waals surface area contributed by atoms with E-state index < -0.39 is 0 Å². The molecule has 2 heterocycles. The Hall–Kier alpha value is -2.17. The summed E-state index contributed by atoms with van der Waals surface area (Å²) in [4.78, 5) is 16.4. The Morgan fingerprint density at radius 1 is 1.29 bits per heavy atom. The maximum atomic E-state index is 11.9. The van der Waals surface area contributed by atoms with Gasteiger partial charge in [0.15, 0.2) is 5.82 Å². The Bertz CT molecular complexity index is 620. The summed E-state index contributed by atoms with van der Waals surface area (Å²) >= 11 is 0. The summed E-state index contributed by atoms with van der Waals surface area (Å²) in [6.07, 6.45) is 4.72. The van der Waals surface area contributed by atoms with Crippen LogP contribution in [0.3, 0.4) is 0 Å². The predicted molar refractivity (Wildman–Crippen MR) is 81.1 cm³/mol. The molecular weight excluding hydrogens is 264 g/mol. The molecule has 1 atom stereocenters. The smallest absolute Gasteiger partial charge is 0.229 e. The third-order valence-electron chi connectivity index (χ3n) is 3.79. The second-order valence-electron chi connectivity index (χ2n) is 5.43. The second kappa shape index (κ2) is 6.08. The number of aryl methyl sites for hydroxylation is 1. The van der Waals surface area contributed by atoms with Gasteiger partial charge in [-0.2, -0.15) is 10.1 Å². The number of carbonyl (C=O) groups excluding carboxylic acids is 1. The summed E-state index contributed by atoms with van der Waals surface area (Å²) in [6, 6.07) is 9.96. The van der Waals surface area contributed by atoms with Gasteiger partial charge in [0.1, 0.15) is 0 Å². The summed E-state index contributed by atoms with van der Waals surface area (Å²) < 4.78 is 1.86. The Labute approximate surface area is 124 Å². The third kappa shape index (κ3) is 2.96. The first-order chi connectivity index (χ1) is 10.3. The lowest BCUT2D eigenvalue weighted by atomic mass is 10.0. The van der Waals surface area contributed by atoms with Crippen LogP contribution in [0, 0.1) is 0 Å². The Morgan fingerprint density at radius 2 is 2.10 bits per heavy atom. The lowest BCUT2D eigenvalue weighted by Crippen LogP contribution is -2.29. The molecule has 1 aliphatic heterocycles. The molecule has 21 heavy (non-hydrogen) atoms. The molecule has 0 aliphatic carbocycles. The highest BCUT2D eigenvalue weighted by atomic mass is 16.2. The Morgan fingerprint density at radius 3 is 2.86 bits per heavy atom. The highest BCUT2D eigenvalue weighted by Gasteiger charge is 2.28. The number of amides is 1. The van der Waals surface area contributed by atoms with Gasteiger partial charge < -0.3 is 0 Å². The molecular formula is C16H20N4O. The van der Waals surface area contributed by atoms with Crippen molar-refractivity contribution in [2.75, 3.05) is 5.32 Å². The summed E-state index contributed by atoms with van der Waals surface area (Å²) in [5.41, 5.74) is 1.10. The van der Waals surface area contributed by atoms with Crippen molar-refractivity contribution in [2.45, 2.75) is 45.1 Å². The fourth-order valence-electron chi connectivity index (χ4n) is 2.68. The van der Waals surface area contributed by atoms with E-state index >= 15 is 0 Å². The number of nitrogens with one attached hydrogen (secondary N) is 1. The van der Waals surface area contributed by atoms with Gasteiger partial charge in [-0.25, -0.2) is 4.68 Å². The zero-order valence-corrected chi connectivity index (χ0v) is 12.2. The van der Waals surface area contributed by atoms with E-state index in [9.17, 15) is 4.79 Å². The lowest BCUT2D eigenvalue weighted by molar-refractivity contribution is -0.117. The summed E-state index contributed by atoms with van der Waals surface area (Å²) in [5.74, 6) is 1.40. The van der Waals surface area contributed by atoms with Gasteiger partial charge in [-0.3, -0.25) is 10.1 Å². The molecule has 2 aromatic rings. The van der Waals surface area contributed by atoms with Gasteiger partial charge in [0.2, 0.25) is 11.9 Å². The first kappa shape index (κ1) is 13.8. The van der Waals surface area contributed by atoms with Gasteiger partial charge in [0.25, 0.3) is 0 Å². The predicted octanol–water partition coefficient (Wildman–Crippen LogP) is 2.94. The van der Waals surface area contributed by atoms with E-state index in [1.807, 2.05) is 35.0 Å². The van der Waals surface area contributed by atoms with Crippen molar-refractivity contribution >= 4 is 11.9 Å². The lowest BCUT2D eigenvalue weighted by Gasteiger charge is -2.23. The molecule has 0 radical (unpaired) electrons. The molecule has 0 saturated heterocycles. The first-order valence-corrected chi connectivity index (χ1v) is 7.58. The van der Waals surface area contributed by atoms with Crippen LogP contribution < -0.4 is 5.32 Å². The normalized spacial score (nSPS) is 17.4. The molecule has 1 aromatic carbocycles. The topological polar surface area (TPSA) is 59.8 Å². The summed E-state index contributed by atoms with van der Waals surface area (Å²) in [7, 11) is 0. The number of anilines is 1. The number of nitrogens with zero attached hydrogens (tertiary/aromatic N) is 3. The van der Waals surface area contributed by atoms with Crippen LogP contribution in [0.1, 0.15) is 50.0 Å². The molecule has 1 aliphatic rings. The minimum atomic E-state index is -0.0534. The Kier molecular flexibility index (Phi) is 3.99. The minimum absolute atomic E-state index is 0.00358. The van der Waals surface area contributed by atoms with Crippen LogP contribution in [0.15, 0.2) is 30.3 Å². The highest BCUT2D eigenvalue weighted by molar-refractivity contribution is 5.91. The van der Waals surface area contributed by atoms with Gasteiger partial charge in [0, 0.05) is 6.42 Å².